The summed E-state index contributed by atoms with van der Waals surface area (Å²) in [5.74, 6) is 0.210. The van der Waals surface area contributed by atoms with Crippen LogP contribution in [0.3, 0.4) is 0 Å². The minimum absolute atomic E-state index is 0.0397. The van der Waals surface area contributed by atoms with Crippen molar-refractivity contribution in [2.24, 2.45) is 5.73 Å². The average molecular weight is 410 g/mol. The Hall–Kier alpha value is -3.23. The fourth-order valence-corrected chi connectivity index (χ4v) is 4.15. The summed E-state index contributed by atoms with van der Waals surface area (Å²) in [5.41, 5.74) is 5.15. The standard InChI is InChI=1S/C21H18N2O5S/c1-27-12-5-4-6-13(11-12)29-19-17(24)16-18(28-21(19)26)14-7-2-3-8-15(14)23(10-9-22)20(16)25/h2-8,11,24H,9-10,22H2,1H3. The van der Waals surface area contributed by atoms with E-state index in [0.29, 0.717) is 21.5 Å². The lowest BCUT2D eigenvalue weighted by molar-refractivity contribution is 0.413. The molecule has 3 N–H and O–H groups in total. The number of hydrogen-bond donors (Lipinski definition) is 2. The number of nitrogens with two attached hydrogens (primary N) is 1. The van der Waals surface area contributed by atoms with Gasteiger partial charge in [-0.3, -0.25) is 4.79 Å². The van der Waals surface area contributed by atoms with E-state index in [0.717, 1.165) is 11.8 Å². The van der Waals surface area contributed by atoms with E-state index >= 15 is 0 Å². The minimum Gasteiger partial charge on any atom is -0.505 e. The van der Waals surface area contributed by atoms with Crippen molar-refractivity contribution in [1.29, 1.82) is 0 Å². The fraction of sp³-hybridized carbons (Fsp3) is 0.143. The highest BCUT2D eigenvalue weighted by atomic mass is 32.2. The summed E-state index contributed by atoms with van der Waals surface area (Å²) in [6.07, 6.45) is 0. The first-order valence-electron chi connectivity index (χ1n) is 8.88. The number of nitrogens with zero attached hydrogens (tertiary/aromatic N) is 1. The van der Waals surface area contributed by atoms with E-state index in [-0.39, 0.29) is 29.0 Å². The second kappa shape index (κ2) is 7.65. The van der Waals surface area contributed by atoms with Crippen molar-refractivity contribution >= 4 is 33.6 Å². The van der Waals surface area contributed by atoms with Crippen molar-refractivity contribution in [3.63, 3.8) is 0 Å². The molecule has 8 heteroatoms. The highest BCUT2D eigenvalue weighted by Gasteiger charge is 2.22. The van der Waals surface area contributed by atoms with Crippen LogP contribution in [0, 0.1) is 0 Å². The number of aromatic hydroxyl groups is 1. The zero-order valence-corrected chi connectivity index (χ0v) is 16.4. The Kier molecular flexibility index (Phi) is 5.04. The van der Waals surface area contributed by atoms with Gasteiger partial charge in [0.1, 0.15) is 16.0 Å². The van der Waals surface area contributed by atoms with Gasteiger partial charge >= 0.3 is 5.63 Å². The van der Waals surface area contributed by atoms with E-state index in [4.69, 9.17) is 14.9 Å². The number of pyridine rings is 1. The third-order valence-corrected chi connectivity index (χ3v) is 5.63. The molecule has 7 nitrogen and oxygen atoms in total. The van der Waals surface area contributed by atoms with Crippen molar-refractivity contribution < 1.29 is 14.3 Å². The van der Waals surface area contributed by atoms with Crippen molar-refractivity contribution in [3.8, 4) is 11.5 Å². The SMILES string of the molecule is COc1cccc(Sc2c(O)c3c(=O)n(CCN)c4ccccc4c3oc2=O)c1. The summed E-state index contributed by atoms with van der Waals surface area (Å²) < 4.78 is 12.2. The number of ether oxygens (including phenoxy) is 1. The van der Waals surface area contributed by atoms with Crippen LogP contribution < -0.4 is 21.7 Å². The predicted molar refractivity (Wildman–Crippen MR) is 112 cm³/mol. The molecular weight excluding hydrogens is 392 g/mol. The van der Waals surface area contributed by atoms with Crippen molar-refractivity contribution in [2.45, 2.75) is 16.3 Å². The van der Waals surface area contributed by atoms with Crippen LogP contribution in [-0.4, -0.2) is 23.3 Å². The molecule has 2 heterocycles. The van der Waals surface area contributed by atoms with Gasteiger partial charge in [0, 0.05) is 23.4 Å². The van der Waals surface area contributed by atoms with Crippen LogP contribution in [0.4, 0.5) is 0 Å². The molecule has 0 saturated carbocycles. The Morgan fingerprint density at radius 1 is 1.17 bits per heavy atom. The molecule has 0 atom stereocenters. The van der Waals surface area contributed by atoms with Crippen LogP contribution in [0.25, 0.3) is 21.9 Å². The molecular formula is C21H18N2O5S. The average Bonchev–Trinajstić information content (AvgIpc) is 2.74. The van der Waals surface area contributed by atoms with Crippen LogP contribution in [0.15, 0.2) is 72.3 Å². The van der Waals surface area contributed by atoms with Gasteiger partial charge in [-0.15, -0.1) is 0 Å². The second-order valence-electron chi connectivity index (χ2n) is 6.32. The van der Waals surface area contributed by atoms with E-state index < -0.39 is 16.9 Å². The molecule has 148 valence electrons. The molecule has 0 bridgehead atoms. The van der Waals surface area contributed by atoms with E-state index in [2.05, 4.69) is 0 Å². The first-order chi connectivity index (χ1) is 14.0. The number of methoxy groups -OCH3 is 1. The lowest BCUT2D eigenvalue weighted by atomic mass is 10.1. The normalized spacial score (nSPS) is 11.2. The minimum atomic E-state index is -0.719. The van der Waals surface area contributed by atoms with Crippen LogP contribution in [0.1, 0.15) is 0 Å². The summed E-state index contributed by atoms with van der Waals surface area (Å²) in [7, 11) is 1.54. The van der Waals surface area contributed by atoms with E-state index in [1.807, 2.05) is 0 Å². The first kappa shape index (κ1) is 19.1. The van der Waals surface area contributed by atoms with Gasteiger partial charge in [-0.2, -0.15) is 0 Å². The number of benzene rings is 2. The number of para-hydroxylation sites is 1. The number of hydrogen-bond acceptors (Lipinski definition) is 7. The Labute approximate surface area is 169 Å². The van der Waals surface area contributed by atoms with Crippen LogP contribution in [0.5, 0.6) is 11.5 Å². The van der Waals surface area contributed by atoms with Crippen LogP contribution in [-0.2, 0) is 6.54 Å². The number of rotatable bonds is 5. The maximum atomic E-state index is 13.1. The third-order valence-electron chi connectivity index (χ3n) is 4.57. The van der Waals surface area contributed by atoms with E-state index in [9.17, 15) is 14.7 Å². The summed E-state index contributed by atoms with van der Waals surface area (Å²) in [6, 6.07) is 14.1. The molecule has 0 spiro atoms. The Morgan fingerprint density at radius 3 is 2.72 bits per heavy atom. The topological polar surface area (TPSA) is 108 Å². The van der Waals surface area contributed by atoms with Crippen molar-refractivity contribution in [2.75, 3.05) is 13.7 Å². The number of aromatic nitrogens is 1. The van der Waals surface area contributed by atoms with Crippen LogP contribution in [0.2, 0.25) is 0 Å². The Morgan fingerprint density at radius 2 is 1.97 bits per heavy atom. The zero-order chi connectivity index (χ0) is 20.5. The van der Waals surface area contributed by atoms with Gasteiger partial charge in [0.2, 0.25) is 0 Å². The Balaban J connectivity index is 2.01. The molecule has 2 aromatic carbocycles. The molecule has 0 fully saturated rings. The summed E-state index contributed by atoms with van der Waals surface area (Å²) in [6.45, 7) is 0.518. The molecule has 0 unspecified atom stereocenters. The molecule has 0 radical (unpaired) electrons. The molecule has 0 aliphatic heterocycles. The largest absolute Gasteiger partial charge is 0.505 e. The quantitative estimate of drug-likeness (QED) is 0.487. The molecule has 4 aromatic rings. The molecule has 2 aromatic heterocycles. The smallest absolute Gasteiger partial charge is 0.354 e. The maximum Gasteiger partial charge on any atom is 0.354 e. The maximum absolute atomic E-state index is 13.1. The van der Waals surface area contributed by atoms with Crippen molar-refractivity contribution in [3.05, 3.63) is 69.3 Å². The van der Waals surface area contributed by atoms with Gasteiger partial charge in [0.15, 0.2) is 11.3 Å². The van der Waals surface area contributed by atoms with Gasteiger partial charge in [-0.05, 0) is 30.3 Å². The van der Waals surface area contributed by atoms with Crippen LogP contribution >= 0.6 is 11.8 Å². The summed E-state index contributed by atoms with van der Waals surface area (Å²) in [5, 5.41) is 11.4. The van der Waals surface area contributed by atoms with Gasteiger partial charge < -0.3 is 24.6 Å². The lowest BCUT2D eigenvalue weighted by Crippen LogP contribution is -2.25. The fourth-order valence-electron chi connectivity index (χ4n) is 3.26. The molecule has 0 aliphatic carbocycles. The molecule has 4 rings (SSSR count). The third kappa shape index (κ3) is 3.26. The van der Waals surface area contributed by atoms with Gasteiger partial charge in [-0.25, -0.2) is 4.79 Å². The summed E-state index contributed by atoms with van der Waals surface area (Å²) in [4.78, 5) is 26.4. The summed E-state index contributed by atoms with van der Waals surface area (Å²) >= 11 is 1.01. The zero-order valence-electron chi connectivity index (χ0n) is 15.5. The lowest BCUT2D eigenvalue weighted by Gasteiger charge is -2.13. The second-order valence-corrected chi connectivity index (χ2v) is 7.40. The molecule has 0 amide bonds. The molecule has 0 saturated heterocycles. The molecule has 29 heavy (non-hydrogen) atoms. The number of fused-ring (bicyclic) bond motifs is 3. The van der Waals surface area contributed by atoms with Crippen molar-refractivity contribution in [1.82, 2.24) is 4.57 Å². The monoisotopic (exact) mass is 410 g/mol. The highest BCUT2D eigenvalue weighted by molar-refractivity contribution is 7.99. The highest BCUT2D eigenvalue weighted by Crippen LogP contribution is 2.37. The van der Waals surface area contributed by atoms with Gasteiger partial charge in [0.05, 0.1) is 12.6 Å². The van der Waals surface area contributed by atoms with E-state index in [1.165, 1.54) is 11.7 Å². The van der Waals surface area contributed by atoms with Gasteiger partial charge in [0.25, 0.3) is 5.56 Å². The first-order valence-corrected chi connectivity index (χ1v) is 9.70. The Bertz CT molecular complexity index is 1340. The predicted octanol–water partition coefficient (Wildman–Crippen LogP) is 2.93. The molecule has 0 aliphatic rings. The van der Waals surface area contributed by atoms with E-state index in [1.54, 1.807) is 48.5 Å². The van der Waals surface area contributed by atoms with Gasteiger partial charge in [-0.1, -0.05) is 30.0 Å².